The molecule has 1 aromatic rings. The van der Waals surface area contributed by atoms with Gasteiger partial charge in [0.25, 0.3) is 0 Å². The Bertz CT molecular complexity index is 556. The summed E-state index contributed by atoms with van der Waals surface area (Å²) in [5.41, 5.74) is 0.909. The fourth-order valence-electron chi connectivity index (χ4n) is 2.85. The van der Waals surface area contributed by atoms with Gasteiger partial charge in [-0.05, 0) is 25.8 Å². The fraction of sp³-hybridized carbons (Fsp3) is 0.786. The summed E-state index contributed by atoms with van der Waals surface area (Å²) in [6, 6.07) is 0. The summed E-state index contributed by atoms with van der Waals surface area (Å²) >= 11 is 1.40. The maximum atomic E-state index is 11.3. The number of aliphatic hydroxyl groups excluding tert-OH is 1. The Labute approximate surface area is 130 Å². The fourth-order valence-corrected chi connectivity index (χ4v) is 4.85. The van der Waals surface area contributed by atoms with Gasteiger partial charge in [0.15, 0.2) is 9.84 Å². The van der Waals surface area contributed by atoms with Gasteiger partial charge in [0.05, 0.1) is 11.8 Å². The van der Waals surface area contributed by atoms with Crippen LogP contribution in [0.15, 0.2) is 5.38 Å². The van der Waals surface area contributed by atoms with E-state index in [4.69, 9.17) is 0 Å². The quantitative estimate of drug-likeness (QED) is 0.858. The van der Waals surface area contributed by atoms with E-state index in [1.165, 1.54) is 24.0 Å². The largest absolute Gasteiger partial charge is 0.393 e. The van der Waals surface area contributed by atoms with Crippen molar-refractivity contribution in [3.63, 3.8) is 0 Å². The first kappa shape index (κ1) is 16.9. The predicted molar refractivity (Wildman–Crippen MR) is 85.0 cm³/mol. The van der Waals surface area contributed by atoms with Crippen molar-refractivity contribution in [3.8, 4) is 0 Å². The highest BCUT2D eigenvalue weighted by molar-refractivity contribution is 7.90. The van der Waals surface area contributed by atoms with Crippen molar-refractivity contribution >= 4 is 21.2 Å². The second-order valence-electron chi connectivity index (χ2n) is 6.11. The van der Waals surface area contributed by atoms with E-state index < -0.39 is 9.84 Å². The van der Waals surface area contributed by atoms with E-state index in [2.05, 4.69) is 9.88 Å². The summed E-state index contributed by atoms with van der Waals surface area (Å²) in [7, 11) is -0.996. The highest BCUT2D eigenvalue weighted by atomic mass is 32.2. The first-order valence-corrected chi connectivity index (χ1v) is 10.2. The molecule has 1 aromatic heterocycles. The third kappa shape index (κ3) is 5.65. The number of hydrogen-bond acceptors (Lipinski definition) is 6. The highest BCUT2D eigenvalue weighted by Crippen LogP contribution is 2.25. The minimum atomic E-state index is -3.02. The standard InChI is InChI=1S/C14H24N2O3S2/c1-16(7-11-5-3-4-6-13(11)17)8-12-9-20-14(15-12)10-21(2,18)19/h9,11,13,17H,3-8,10H2,1-2H3. The molecule has 0 amide bonds. The molecule has 1 saturated carbocycles. The van der Waals surface area contributed by atoms with E-state index in [9.17, 15) is 13.5 Å². The molecule has 1 fully saturated rings. The summed E-state index contributed by atoms with van der Waals surface area (Å²) in [6.07, 6.45) is 5.37. The lowest BCUT2D eigenvalue weighted by Gasteiger charge is -2.30. The highest BCUT2D eigenvalue weighted by Gasteiger charge is 2.24. The molecule has 1 aliphatic rings. The summed E-state index contributed by atoms with van der Waals surface area (Å²) in [6.45, 7) is 1.56. The van der Waals surface area contributed by atoms with Gasteiger partial charge in [-0.15, -0.1) is 11.3 Å². The van der Waals surface area contributed by atoms with Crippen molar-refractivity contribution in [1.29, 1.82) is 0 Å². The van der Waals surface area contributed by atoms with Gasteiger partial charge in [0.1, 0.15) is 10.8 Å². The van der Waals surface area contributed by atoms with Crippen LogP contribution in [0.4, 0.5) is 0 Å². The van der Waals surface area contributed by atoms with E-state index in [1.807, 2.05) is 12.4 Å². The molecule has 1 heterocycles. The lowest BCUT2D eigenvalue weighted by Crippen LogP contribution is -2.34. The van der Waals surface area contributed by atoms with Crippen LogP contribution >= 0.6 is 11.3 Å². The number of hydrogen-bond donors (Lipinski definition) is 1. The lowest BCUT2D eigenvalue weighted by molar-refractivity contribution is 0.0500. The Balaban J connectivity index is 1.86. The van der Waals surface area contributed by atoms with Gasteiger partial charge in [-0.1, -0.05) is 12.8 Å². The molecule has 1 N–H and O–H groups in total. The van der Waals surface area contributed by atoms with Gasteiger partial charge in [0, 0.05) is 24.7 Å². The molecule has 1 aliphatic carbocycles. The Morgan fingerprint density at radius 2 is 2.14 bits per heavy atom. The molecular formula is C14H24N2O3S2. The van der Waals surface area contributed by atoms with Crippen molar-refractivity contribution in [1.82, 2.24) is 9.88 Å². The molecule has 0 bridgehead atoms. The van der Waals surface area contributed by atoms with Gasteiger partial charge in [-0.3, -0.25) is 0 Å². The summed E-state index contributed by atoms with van der Waals surface area (Å²) in [5.74, 6) is 0.362. The minimum Gasteiger partial charge on any atom is -0.393 e. The monoisotopic (exact) mass is 332 g/mol. The molecule has 7 heteroatoms. The van der Waals surface area contributed by atoms with Gasteiger partial charge < -0.3 is 10.0 Å². The molecule has 2 rings (SSSR count). The van der Waals surface area contributed by atoms with Gasteiger partial charge in [-0.25, -0.2) is 13.4 Å². The third-order valence-electron chi connectivity index (χ3n) is 3.83. The van der Waals surface area contributed by atoms with Crippen LogP contribution in [0.3, 0.4) is 0 Å². The molecule has 2 unspecified atom stereocenters. The van der Waals surface area contributed by atoms with Crippen LogP contribution in [0, 0.1) is 5.92 Å². The van der Waals surface area contributed by atoms with Crippen molar-refractivity contribution in [3.05, 3.63) is 16.1 Å². The average molecular weight is 332 g/mol. The second-order valence-corrected chi connectivity index (χ2v) is 9.19. The molecule has 120 valence electrons. The van der Waals surface area contributed by atoms with Gasteiger partial charge >= 0.3 is 0 Å². The van der Waals surface area contributed by atoms with Crippen LogP contribution < -0.4 is 0 Å². The lowest BCUT2D eigenvalue weighted by atomic mass is 9.86. The van der Waals surface area contributed by atoms with Crippen LogP contribution in [-0.4, -0.2) is 49.4 Å². The van der Waals surface area contributed by atoms with E-state index in [0.29, 0.717) is 17.5 Å². The zero-order chi connectivity index (χ0) is 15.5. The number of aromatic nitrogens is 1. The smallest absolute Gasteiger partial charge is 0.153 e. The molecule has 0 aliphatic heterocycles. The number of thiazole rings is 1. The molecule has 0 saturated heterocycles. The van der Waals surface area contributed by atoms with E-state index in [1.54, 1.807) is 0 Å². The van der Waals surface area contributed by atoms with Crippen LogP contribution in [0.25, 0.3) is 0 Å². The third-order valence-corrected chi connectivity index (χ3v) is 5.71. The van der Waals surface area contributed by atoms with E-state index >= 15 is 0 Å². The average Bonchev–Trinajstić information content (AvgIpc) is 2.77. The minimum absolute atomic E-state index is 0.0166. The first-order valence-electron chi connectivity index (χ1n) is 7.31. The Morgan fingerprint density at radius 1 is 1.43 bits per heavy atom. The number of rotatable bonds is 6. The van der Waals surface area contributed by atoms with Gasteiger partial charge in [-0.2, -0.15) is 0 Å². The predicted octanol–water partition coefficient (Wildman–Crippen LogP) is 1.67. The Morgan fingerprint density at radius 3 is 2.81 bits per heavy atom. The molecule has 21 heavy (non-hydrogen) atoms. The van der Waals surface area contributed by atoms with Crippen molar-refractivity contribution < 1.29 is 13.5 Å². The number of sulfone groups is 1. The Hall–Kier alpha value is -0.500. The SMILES string of the molecule is CN(Cc1csc(CS(C)(=O)=O)n1)CC1CCCCC1O. The molecule has 0 aromatic carbocycles. The first-order chi connectivity index (χ1) is 9.83. The molecule has 0 radical (unpaired) electrons. The zero-order valence-corrected chi connectivity index (χ0v) is 14.3. The maximum Gasteiger partial charge on any atom is 0.153 e. The van der Waals surface area contributed by atoms with Crippen LogP contribution in [0.1, 0.15) is 36.4 Å². The topological polar surface area (TPSA) is 70.5 Å². The molecule has 2 atom stereocenters. The summed E-state index contributed by atoms with van der Waals surface area (Å²) < 4.78 is 22.5. The normalized spacial score (nSPS) is 23.6. The van der Waals surface area contributed by atoms with Crippen molar-refractivity contribution in [2.75, 3.05) is 19.8 Å². The van der Waals surface area contributed by atoms with E-state index in [-0.39, 0.29) is 11.9 Å². The van der Waals surface area contributed by atoms with E-state index in [0.717, 1.165) is 31.5 Å². The van der Waals surface area contributed by atoms with Crippen LogP contribution in [0.5, 0.6) is 0 Å². The second kappa shape index (κ2) is 7.17. The van der Waals surface area contributed by atoms with Crippen molar-refractivity contribution in [2.24, 2.45) is 5.92 Å². The Kier molecular flexibility index (Phi) is 5.76. The maximum absolute atomic E-state index is 11.3. The summed E-state index contributed by atoms with van der Waals surface area (Å²) in [4.78, 5) is 6.55. The van der Waals surface area contributed by atoms with Crippen LogP contribution in [0.2, 0.25) is 0 Å². The molecular weight excluding hydrogens is 308 g/mol. The molecule has 0 spiro atoms. The summed E-state index contributed by atoms with van der Waals surface area (Å²) in [5, 5.41) is 12.6. The number of aliphatic hydroxyl groups is 1. The number of nitrogens with zero attached hydrogens (tertiary/aromatic N) is 2. The zero-order valence-electron chi connectivity index (χ0n) is 12.7. The molecule has 5 nitrogen and oxygen atoms in total. The van der Waals surface area contributed by atoms with Gasteiger partial charge in [0.2, 0.25) is 0 Å². The van der Waals surface area contributed by atoms with Crippen LogP contribution in [-0.2, 0) is 22.1 Å². The van der Waals surface area contributed by atoms with Crippen molar-refractivity contribution in [2.45, 2.75) is 44.1 Å².